The number of sulfonamides is 1. The molecule has 0 radical (unpaired) electrons. The van der Waals surface area contributed by atoms with Crippen LogP contribution in [0.1, 0.15) is 39.0 Å². The molecule has 6 nitrogen and oxygen atoms in total. The third kappa shape index (κ3) is 4.84. The summed E-state index contributed by atoms with van der Waals surface area (Å²) in [5, 5.41) is 3.37. The second-order valence-electron chi connectivity index (χ2n) is 6.33. The number of hydrogen-bond donors (Lipinski definition) is 2. The number of nitrogens with one attached hydrogen (secondary N) is 2. The van der Waals surface area contributed by atoms with Crippen molar-refractivity contribution in [1.82, 2.24) is 14.9 Å². The molecular weight excluding hydrogens is 300 g/mol. The van der Waals surface area contributed by atoms with Crippen LogP contribution in [0.15, 0.2) is 4.99 Å². The molecule has 1 saturated heterocycles. The molecule has 1 heterocycles. The van der Waals surface area contributed by atoms with Crippen molar-refractivity contribution in [2.75, 3.05) is 39.0 Å². The topological polar surface area (TPSA) is 73.8 Å². The minimum absolute atomic E-state index is 0.138. The summed E-state index contributed by atoms with van der Waals surface area (Å²) in [5.41, 5.74) is 0. The maximum Gasteiger partial charge on any atom is 0.211 e. The molecule has 1 aliphatic carbocycles. The lowest BCUT2D eigenvalue weighted by Gasteiger charge is -2.22. The summed E-state index contributed by atoms with van der Waals surface area (Å²) in [5.74, 6) is 2.78. The van der Waals surface area contributed by atoms with Crippen molar-refractivity contribution in [3.8, 4) is 0 Å². The average Bonchev–Trinajstić information content (AvgIpc) is 2.94. The molecule has 2 N–H and O–H groups in total. The second kappa shape index (κ2) is 8.15. The van der Waals surface area contributed by atoms with Crippen molar-refractivity contribution in [2.24, 2.45) is 16.8 Å². The zero-order valence-corrected chi connectivity index (χ0v) is 14.7. The minimum atomic E-state index is -3.07. The van der Waals surface area contributed by atoms with E-state index in [1.54, 1.807) is 6.92 Å². The first-order chi connectivity index (χ1) is 10.6. The molecule has 2 fully saturated rings. The predicted molar refractivity (Wildman–Crippen MR) is 90.5 cm³/mol. The van der Waals surface area contributed by atoms with E-state index in [9.17, 15) is 8.42 Å². The van der Waals surface area contributed by atoms with Crippen molar-refractivity contribution < 1.29 is 8.42 Å². The lowest BCUT2D eigenvalue weighted by molar-refractivity contribution is 0.299. The SMILES string of the molecule is CCS(=O)(=O)NCCCNC(=NC)N1CC2CCCCC2C1. The fraction of sp³-hybridized carbons (Fsp3) is 0.933. The molecule has 0 bridgehead atoms. The summed E-state index contributed by atoms with van der Waals surface area (Å²) in [4.78, 5) is 6.76. The van der Waals surface area contributed by atoms with Crippen molar-refractivity contribution in [3.05, 3.63) is 0 Å². The van der Waals surface area contributed by atoms with Crippen LogP contribution in [0.4, 0.5) is 0 Å². The largest absolute Gasteiger partial charge is 0.356 e. The van der Waals surface area contributed by atoms with E-state index in [4.69, 9.17) is 0 Å². The Kier molecular flexibility index (Phi) is 6.50. The fourth-order valence-electron chi connectivity index (χ4n) is 3.53. The number of aliphatic imine (C=N–C) groups is 1. The Morgan fingerprint density at radius 1 is 1.18 bits per heavy atom. The van der Waals surface area contributed by atoms with E-state index >= 15 is 0 Å². The van der Waals surface area contributed by atoms with Gasteiger partial charge in [-0.05, 0) is 38.0 Å². The summed E-state index contributed by atoms with van der Waals surface area (Å²) in [6, 6.07) is 0. The highest BCUT2D eigenvalue weighted by atomic mass is 32.2. The zero-order valence-electron chi connectivity index (χ0n) is 13.8. The Morgan fingerprint density at radius 3 is 2.36 bits per heavy atom. The van der Waals surface area contributed by atoms with Crippen LogP contribution in [-0.2, 0) is 10.0 Å². The Hall–Kier alpha value is -0.820. The van der Waals surface area contributed by atoms with Gasteiger partial charge in [0.15, 0.2) is 5.96 Å². The molecule has 0 aromatic heterocycles. The summed E-state index contributed by atoms with van der Waals surface area (Å²) in [6.45, 7) is 5.10. The molecule has 2 aliphatic rings. The van der Waals surface area contributed by atoms with E-state index in [-0.39, 0.29) is 5.75 Å². The molecule has 2 rings (SSSR count). The number of hydrogen-bond acceptors (Lipinski definition) is 3. The van der Waals surface area contributed by atoms with E-state index in [0.717, 1.165) is 43.9 Å². The van der Waals surface area contributed by atoms with E-state index in [2.05, 4.69) is 19.9 Å². The lowest BCUT2D eigenvalue weighted by atomic mass is 9.82. The molecular formula is C15H30N4O2S. The van der Waals surface area contributed by atoms with Crippen LogP contribution in [0.3, 0.4) is 0 Å². The molecule has 0 aromatic carbocycles. The van der Waals surface area contributed by atoms with E-state index in [1.165, 1.54) is 25.7 Å². The van der Waals surface area contributed by atoms with Crippen LogP contribution < -0.4 is 10.0 Å². The van der Waals surface area contributed by atoms with Crippen molar-refractivity contribution >= 4 is 16.0 Å². The van der Waals surface area contributed by atoms with Gasteiger partial charge in [0, 0.05) is 33.2 Å². The Bertz CT molecular complexity index is 464. The third-order valence-corrected chi connectivity index (χ3v) is 6.23. The highest BCUT2D eigenvalue weighted by Gasteiger charge is 2.35. The van der Waals surface area contributed by atoms with Gasteiger partial charge in [0.2, 0.25) is 10.0 Å². The maximum atomic E-state index is 11.3. The Balaban J connectivity index is 1.70. The lowest BCUT2D eigenvalue weighted by Crippen LogP contribution is -2.41. The Labute approximate surface area is 134 Å². The molecule has 1 aliphatic heterocycles. The van der Waals surface area contributed by atoms with Crippen LogP contribution in [0.2, 0.25) is 0 Å². The molecule has 128 valence electrons. The molecule has 0 spiro atoms. The summed E-state index contributed by atoms with van der Waals surface area (Å²) < 4.78 is 25.3. The highest BCUT2D eigenvalue weighted by molar-refractivity contribution is 7.89. The maximum absolute atomic E-state index is 11.3. The van der Waals surface area contributed by atoms with Gasteiger partial charge >= 0.3 is 0 Å². The van der Waals surface area contributed by atoms with Crippen LogP contribution in [0.5, 0.6) is 0 Å². The van der Waals surface area contributed by atoms with Crippen molar-refractivity contribution in [1.29, 1.82) is 0 Å². The van der Waals surface area contributed by atoms with Crippen molar-refractivity contribution in [2.45, 2.75) is 39.0 Å². The quantitative estimate of drug-likeness (QED) is 0.433. The Morgan fingerprint density at radius 2 is 1.82 bits per heavy atom. The first kappa shape index (κ1) is 17.5. The molecule has 0 amide bonds. The summed E-state index contributed by atoms with van der Waals surface area (Å²) in [6.07, 6.45) is 6.23. The standard InChI is InChI=1S/C15H30N4O2S/c1-3-22(20,21)18-10-6-9-17-15(16-2)19-11-13-7-4-5-8-14(13)12-19/h13-14,18H,3-12H2,1-2H3,(H,16,17). The molecule has 1 saturated carbocycles. The van der Waals surface area contributed by atoms with Gasteiger partial charge in [-0.25, -0.2) is 13.1 Å². The third-order valence-electron chi connectivity index (χ3n) is 4.83. The van der Waals surface area contributed by atoms with Gasteiger partial charge < -0.3 is 10.2 Å². The molecule has 22 heavy (non-hydrogen) atoms. The number of guanidine groups is 1. The summed E-state index contributed by atoms with van der Waals surface area (Å²) >= 11 is 0. The minimum Gasteiger partial charge on any atom is -0.356 e. The van der Waals surface area contributed by atoms with Gasteiger partial charge in [0.05, 0.1) is 5.75 Å². The number of rotatable bonds is 6. The van der Waals surface area contributed by atoms with E-state index < -0.39 is 10.0 Å². The van der Waals surface area contributed by atoms with Crippen LogP contribution in [-0.4, -0.2) is 58.3 Å². The highest BCUT2D eigenvalue weighted by Crippen LogP contribution is 2.35. The van der Waals surface area contributed by atoms with Crippen LogP contribution >= 0.6 is 0 Å². The molecule has 7 heteroatoms. The van der Waals surface area contributed by atoms with E-state index in [1.807, 2.05) is 7.05 Å². The van der Waals surface area contributed by atoms with Crippen LogP contribution in [0.25, 0.3) is 0 Å². The molecule has 2 unspecified atom stereocenters. The van der Waals surface area contributed by atoms with Gasteiger partial charge in [0.1, 0.15) is 0 Å². The average molecular weight is 330 g/mol. The fourth-order valence-corrected chi connectivity index (χ4v) is 4.19. The number of nitrogens with zero attached hydrogens (tertiary/aromatic N) is 2. The first-order valence-electron chi connectivity index (χ1n) is 8.48. The van der Waals surface area contributed by atoms with Gasteiger partial charge in [-0.2, -0.15) is 0 Å². The first-order valence-corrected chi connectivity index (χ1v) is 10.1. The van der Waals surface area contributed by atoms with Crippen molar-refractivity contribution in [3.63, 3.8) is 0 Å². The number of likely N-dealkylation sites (tertiary alicyclic amines) is 1. The van der Waals surface area contributed by atoms with Crippen LogP contribution in [0, 0.1) is 11.8 Å². The van der Waals surface area contributed by atoms with E-state index in [0.29, 0.717) is 6.54 Å². The second-order valence-corrected chi connectivity index (χ2v) is 8.43. The normalized spacial score (nSPS) is 26.1. The summed E-state index contributed by atoms with van der Waals surface area (Å²) in [7, 11) is -1.25. The smallest absolute Gasteiger partial charge is 0.211 e. The monoisotopic (exact) mass is 330 g/mol. The predicted octanol–water partition coefficient (Wildman–Crippen LogP) is 1.01. The van der Waals surface area contributed by atoms with Gasteiger partial charge in [-0.3, -0.25) is 4.99 Å². The van der Waals surface area contributed by atoms with Gasteiger partial charge in [-0.1, -0.05) is 12.8 Å². The molecule has 0 aromatic rings. The zero-order chi connectivity index (χ0) is 16.0. The van der Waals surface area contributed by atoms with Gasteiger partial charge in [-0.15, -0.1) is 0 Å². The molecule has 2 atom stereocenters. The van der Waals surface area contributed by atoms with Gasteiger partial charge in [0.25, 0.3) is 0 Å². The number of fused-ring (bicyclic) bond motifs is 1.